The van der Waals surface area contributed by atoms with Gasteiger partial charge in [0.1, 0.15) is 17.3 Å². The molecule has 1 aliphatic heterocycles. The van der Waals surface area contributed by atoms with Gasteiger partial charge in [-0.25, -0.2) is 0 Å². The van der Waals surface area contributed by atoms with Crippen LogP contribution in [-0.2, 0) is 4.79 Å². The molecule has 4 heteroatoms. The Morgan fingerprint density at radius 3 is 1.75 bits per heavy atom. The van der Waals surface area contributed by atoms with Crippen molar-refractivity contribution in [2.75, 3.05) is 13.2 Å². The van der Waals surface area contributed by atoms with E-state index < -0.39 is 0 Å². The van der Waals surface area contributed by atoms with Gasteiger partial charge >= 0.3 is 0 Å². The fourth-order valence-corrected chi connectivity index (χ4v) is 4.87. The lowest BCUT2D eigenvalue weighted by molar-refractivity contribution is -0.135. The second-order valence-corrected chi connectivity index (χ2v) is 7.61. The molecule has 1 aliphatic carbocycles. The van der Waals surface area contributed by atoms with Crippen LogP contribution in [0.25, 0.3) is 0 Å². The van der Waals surface area contributed by atoms with Crippen molar-refractivity contribution in [3.63, 3.8) is 0 Å². The highest BCUT2D eigenvalue weighted by Gasteiger charge is 2.47. The second kappa shape index (κ2) is 8.36. The first-order valence-corrected chi connectivity index (χ1v) is 10.5. The first-order valence-electron chi connectivity index (χ1n) is 10.5. The third kappa shape index (κ3) is 3.42. The maximum atomic E-state index is 13.4. The molecule has 2 bridgehead atoms. The van der Waals surface area contributed by atoms with Gasteiger partial charge in [-0.05, 0) is 38.8 Å². The first-order chi connectivity index (χ1) is 13.7. The first kappa shape index (κ1) is 19.0. The lowest BCUT2D eigenvalue weighted by Gasteiger charge is -2.45. The molecule has 1 N–H and O–H groups in total. The van der Waals surface area contributed by atoms with E-state index in [1.807, 2.05) is 50.2 Å². The van der Waals surface area contributed by atoms with Crippen molar-refractivity contribution in [2.24, 2.45) is 11.8 Å². The molecule has 4 rings (SSSR count). The van der Waals surface area contributed by atoms with Crippen molar-refractivity contribution in [2.45, 2.75) is 45.2 Å². The van der Waals surface area contributed by atoms with Gasteiger partial charge in [0.2, 0.25) is 0 Å². The molecule has 148 valence electrons. The van der Waals surface area contributed by atoms with Crippen LogP contribution >= 0.6 is 0 Å². The van der Waals surface area contributed by atoms with Crippen LogP contribution in [0.15, 0.2) is 48.5 Å². The normalized spacial score (nSPS) is 26.7. The number of piperidine rings is 1. The van der Waals surface area contributed by atoms with Crippen molar-refractivity contribution < 1.29 is 14.3 Å². The molecule has 0 amide bonds. The summed E-state index contributed by atoms with van der Waals surface area (Å²) >= 11 is 0. The summed E-state index contributed by atoms with van der Waals surface area (Å²) in [7, 11) is 0. The number of carbonyl (C=O) groups is 1. The number of nitrogens with one attached hydrogen (secondary N) is 1. The molecule has 1 saturated carbocycles. The number of fused-ring (bicyclic) bond motifs is 2. The molecule has 0 aromatic heterocycles. The Kier molecular flexibility index (Phi) is 5.67. The van der Waals surface area contributed by atoms with Crippen molar-refractivity contribution in [3.05, 3.63) is 59.7 Å². The van der Waals surface area contributed by atoms with E-state index in [2.05, 4.69) is 17.4 Å². The molecule has 0 spiro atoms. The van der Waals surface area contributed by atoms with Crippen LogP contribution in [0, 0.1) is 11.8 Å². The Bertz CT molecular complexity index is 769. The fraction of sp³-hybridized carbons (Fsp3) is 0.458. The fourth-order valence-electron chi connectivity index (χ4n) is 4.87. The molecule has 28 heavy (non-hydrogen) atoms. The Balaban J connectivity index is 1.75. The molecule has 1 heterocycles. The van der Waals surface area contributed by atoms with Gasteiger partial charge in [-0.2, -0.15) is 0 Å². The minimum Gasteiger partial charge on any atom is -0.494 e. The zero-order chi connectivity index (χ0) is 19.5. The lowest BCUT2D eigenvalue weighted by atomic mass is 9.67. The number of para-hydroxylation sites is 2. The smallest absolute Gasteiger partial charge is 0.142 e. The molecule has 2 aromatic rings. The molecule has 0 unspecified atom stereocenters. The largest absolute Gasteiger partial charge is 0.494 e. The molecule has 2 aliphatic rings. The van der Waals surface area contributed by atoms with E-state index in [-0.39, 0.29) is 23.9 Å². The van der Waals surface area contributed by atoms with E-state index in [0.717, 1.165) is 41.9 Å². The number of carbonyl (C=O) groups excluding carboxylic acids is 1. The number of hydrogen-bond donors (Lipinski definition) is 1. The van der Waals surface area contributed by atoms with Gasteiger partial charge in [-0.1, -0.05) is 42.8 Å². The quantitative estimate of drug-likeness (QED) is 0.779. The number of ether oxygens (including phenoxy) is 2. The summed E-state index contributed by atoms with van der Waals surface area (Å²) in [5.41, 5.74) is 2.17. The Morgan fingerprint density at radius 2 is 1.29 bits per heavy atom. The predicted molar refractivity (Wildman–Crippen MR) is 110 cm³/mol. The van der Waals surface area contributed by atoms with Crippen LogP contribution in [0.2, 0.25) is 0 Å². The Hall–Kier alpha value is -2.33. The van der Waals surface area contributed by atoms with Gasteiger partial charge < -0.3 is 14.8 Å². The van der Waals surface area contributed by atoms with E-state index in [1.165, 1.54) is 0 Å². The van der Waals surface area contributed by atoms with E-state index in [0.29, 0.717) is 19.0 Å². The van der Waals surface area contributed by atoms with Crippen LogP contribution in [0.4, 0.5) is 0 Å². The lowest BCUT2D eigenvalue weighted by Crippen LogP contribution is -2.50. The summed E-state index contributed by atoms with van der Waals surface area (Å²) in [4.78, 5) is 13.4. The van der Waals surface area contributed by atoms with E-state index in [9.17, 15) is 4.79 Å². The molecule has 2 aromatic carbocycles. The van der Waals surface area contributed by atoms with Gasteiger partial charge in [0.05, 0.1) is 13.2 Å². The van der Waals surface area contributed by atoms with E-state index >= 15 is 0 Å². The number of Topliss-reactive ketones (excluding diaryl/α,β-unsaturated/α-hetero) is 1. The van der Waals surface area contributed by atoms with Gasteiger partial charge in [0.15, 0.2) is 0 Å². The highest BCUT2D eigenvalue weighted by molar-refractivity contribution is 5.87. The highest BCUT2D eigenvalue weighted by atomic mass is 16.5. The summed E-state index contributed by atoms with van der Waals surface area (Å²) in [5, 5.41) is 3.84. The molecule has 2 fully saturated rings. The molecule has 4 nitrogen and oxygen atoms in total. The van der Waals surface area contributed by atoms with Crippen LogP contribution in [0.3, 0.4) is 0 Å². The van der Waals surface area contributed by atoms with E-state index in [4.69, 9.17) is 9.47 Å². The average Bonchev–Trinajstić information content (AvgIpc) is 2.70. The molecule has 0 radical (unpaired) electrons. The van der Waals surface area contributed by atoms with Crippen molar-refractivity contribution >= 4 is 5.78 Å². The predicted octanol–water partition coefficient (Wildman–Crippen LogP) is 4.86. The molecular weight excluding hydrogens is 350 g/mol. The third-order valence-electron chi connectivity index (χ3n) is 6.03. The number of benzene rings is 2. The summed E-state index contributed by atoms with van der Waals surface area (Å²) in [5.74, 6) is 2.15. The minimum atomic E-state index is -0.0357. The Labute approximate surface area is 167 Å². The monoisotopic (exact) mass is 379 g/mol. The van der Waals surface area contributed by atoms with Crippen molar-refractivity contribution in [1.29, 1.82) is 0 Å². The van der Waals surface area contributed by atoms with Crippen molar-refractivity contribution in [1.82, 2.24) is 5.32 Å². The maximum absolute atomic E-state index is 13.4. The second-order valence-electron chi connectivity index (χ2n) is 7.61. The topological polar surface area (TPSA) is 47.6 Å². The highest BCUT2D eigenvalue weighted by Crippen LogP contribution is 2.48. The standard InChI is InChI=1S/C24H29NO3/c1-3-27-20-14-7-5-10-16(20)22-18-12-9-13-19(24(18)26)23(25-22)17-11-6-8-15-21(17)28-4-2/h5-8,10-11,14-15,18-19,22-23,25H,3-4,9,12-13H2,1-2H3/t18-,19+,22+,23-. The van der Waals surface area contributed by atoms with Gasteiger partial charge in [-0.3, -0.25) is 4.79 Å². The number of rotatable bonds is 6. The SMILES string of the molecule is CCOc1ccccc1[C@H]1N[C@@H](c2ccccc2OCC)[C@H]2CCC[C@@H]1C2=O. The van der Waals surface area contributed by atoms with Crippen LogP contribution in [0.1, 0.15) is 56.3 Å². The van der Waals surface area contributed by atoms with Crippen molar-refractivity contribution in [3.8, 4) is 11.5 Å². The maximum Gasteiger partial charge on any atom is 0.142 e. The summed E-state index contributed by atoms with van der Waals surface area (Å²) in [6.07, 6.45) is 2.96. The summed E-state index contributed by atoms with van der Waals surface area (Å²) in [6, 6.07) is 16.2. The Morgan fingerprint density at radius 1 is 0.821 bits per heavy atom. The summed E-state index contributed by atoms with van der Waals surface area (Å²) < 4.78 is 11.8. The van der Waals surface area contributed by atoms with E-state index in [1.54, 1.807) is 0 Å². The third-order valence-corrected chi connectivity index (χ3v) is 6.03. The van der Waals surface area contributed by atoms with Gasteiger partial charge in [-0.15, -0.1) is 0 Å². The average molecular weight is 380 g/mol. The number of hydrogen-bond acceptors (Lipinski definition) is 4. The van der Waals surface area contributed by atoms with Crippen LogP contribution < -0.4 is 14.8 Å². The molecule has 4 atom stereocenters. The van der Waals surface area contributed by atoms with Gasteiger partial charge in [0, 0.05) is 35.0 Å². The van der Waals surface area contributed by atoms with Gasteiger partial charge in [0.25, 0.3) is 0 Å². The van der Waals surface area contributed by atoms with Crippen LogP contribution in [0.5, 0.6) is 11.5 Å². The minimum absolute atomic E-state index is 0.0101. The summed E-state index contributed by atoms with van der Waals surface area (Å²) in [6.45, 7) is 5.21. The number of ketones is 1. The molecular formula is C24H29NO3. The van der Waals surface area contributed by atoms with Crippen LogP contribution in [-0.4, -0.2) is 19.0 Å². The zero-order valence-corrected chi connectivity index (χ0v) is 16.7. The molecule has 1 saturated heterocycles. The zero-order valence-electron chi connectivity index (χ0n) is 16.7.